The van der Waals surface area contributed by atoms with Gasteiger partial charge >= 0.3 is 0 Å². The lowest BCUT2D eigenvalue weighted by molar-refractivity contribution is 0.411. The van der Waals surface area contributed by atoms with Crippen molar-refractivity contribution >= 4 is 0 Å². The van der Waals surface area contributed by atoms with Crippen LogP contribution in [0, 0.1) is 17.8 Å². The Kier molecular flexibility index (Phi) is 2.27. The Morgan fingerprint density at radius 2 is 1.75 bits per heavy atom. The van der Waals surface area contributed by atoms with Gasteiger partial charge in [-0.2, -0.15) is 0 Å². The van der Waals surface area contributed by atoms with E-state index in [2.05, 4.69) is 43.3 Å². The number of fused-ring (bicyclic) bond motifs is 2. The molecule has 1 aromatic rings. The van der Waals surface area contributed by atoms with Crippen molar-refractivity contribution in [3.05, 3.63) is 42.0 Å². The summed E-state index contributed by atoms with van der Waals surface area (Å²) in [4.78, 5) is 0. The molecular weight excluding hydrogens is 196 g/mol. The second-order valence-electron chi connectivity index (χ2n) is 5.11. The molecule has 1 heteroatoms. The van der Waals surface area contributed by atoms with E-state index in [-0.39, 0.29) is 0 Å². The number of hydrogen-bond donors (Lipinski definition) is 0. The van der Waals surface area contributed by atoms with Gasteiger partial charge in [-0.15, -0.1) is 0 Å². The van der Waals surface area contributed by atoms with Gasteiger partial charge in [0.05, 0.1) is 7.11 Å². The third kappa shape index (κ3) is 1.38. The fraction of sp³-hybridized carbons (Fsp3) is 0.467. The summed E-state index contributed by atoms with van der Waals surface area (Å²) in [5.41, 5.74) is 1.48. The average Bonchev–Trinajstić information content (AvgIpc) is 2.90. The lowest BCUT2D eigenvalue weighted by Gasteiger charge is -2.25. The van der Waals surface area contributed by atoms with Gasteiger partial charge in [-0.1, -0.05) is 31.2 Å². The standard InChI is InChI=1S/C15H18O/c1-10-12-3-4-13(9-12)15(10)11-5-7-14(16-2)8-6-11/h3-8,10,12-13,15H,9H2,1-2H3/t10-,12+,13-,15-/m1/s1. The van der Waals surface area contributed by atoms with Crippen molar-refractivity contribution in [3.8, 4) is 5.75 Å². The Morgan fingerprint density at radius 3 is 2.31 bits per heavy atom. The first-order valence-electron chi connectivity index (χ1n) is 6.12. The highest BCUT2D eigenvalue weighted by Crippen LogP contribution is 2.52. The largest absolute Gasteiger partial charge is 0.497 e. The highest BCUT2D eigenvalue weighted by Gasteiger charge is 2.42. The number of ether oxygens (including phenoxy) is 1. The Balaban J connectivity index is 1.89. The van der Waals surface area contributed by atoms with Gasteiger partial charge in [0, 0.05) is 0 Å². The predicted molar refractivity (Wildman–Crippen MR) is 65.6 cm³/mol. The van der Waals surface area contributed by atoms with Crippen LogP contribution in [0.4, 0.5) is 0 Å². The zero-order valence-corrected chi connectivity index (χ0v) is 9.89. The molecule has 0 saturated heterocycles. The molecule has 3 rings (SSSR count). The van der Waals surface area contributed by atoms with E-state index in [4.69, 9.17) is 4.74 Å². The fourth-order valence-corrected chi connectivity index (χ4v) is 3.45. The number of benzene rings is 1. The van der Waals surface area contributed by atoms with Crippen molar-refractivity contribution in [2.75, 3.05) is 7.11 Å². The molecule has 0 amide bonds. The van der Waals surface area contributed by atoms with E-state index in [9.17, 15) is 0 Å². The van der Waals surface area contributed by atoms with Crippen molar-refractivity contribution in [3.63, 3.8) is 0 Å². The first-order chi connectivity index (χ1) is 7.79. The molecule has 4 atom stereocenters. The summed E-state index contributed by atoms with van der Waals surface area (Å²) < 4.78 is 5.21. The SMILES string of the molecule is COc1ccc([C@H]2[C@H](C)[C@H]3C=C[C@@H]2C3)cc1. The van der Waals surface area contributed by atoms with Gasteiger partial charge in [-0.25, -0.2) is 0 Å². The second-order valence-corrected chi connectivity index (χ2v) is 5.11. The number of hydrogen-bond acceptors (Lipinski definition) is 1. The number of methoxy groups -OCH3 is 1. The molecular formula is C15H18O. The van der Waals surface area contributed by atoms with Crippen molar-refractivity contribution in [1.82, 2.24) is 0 Å². The summed E-state index contributed by atoms with van der Waals surface area (Å²) >= 11 is 0. The summed E-state index contributed by atoms with van der Waals surface area (Å²) in [6.45, 7) is 2.39. The summed E-state index contributed by atoms with van der Waals surface area (Å²) in [6.07, 6.45) is 6.19. The van der Waals surface area contributed by atoms with Gasteiger partial charge in [-0.05, 0) is 47.8 Å². The second kappa shape index (κ2) is 3.65. The van der Waals surface area contributed by atoms with Crippen molar-refractivity contribution in [2.45, 2.75) is 19.3 Å². The van der Waals surface area contributed by atoms with E-state index in [0.29, 0.717) is 0 Å². The monoisotopic (exact) mass is 214 g/mol. The smallest absolute Gasteiger partial charge is 0.118 e. The molecule has 0 heterocycles. The molecule has 1 nitrogen and oxygen atoms in total. The average molecular weight is 214 g/mol. The molecule has 1 saturated carbocycles. The molecule has 0 spiro atoms. The Hall–Kier alpha value is -1.24. The normalized spacial score (nSPS) is 35.6. The fourth-order valence-electron chi connectivity index (χ4n) is 3.45. The van der Waals surface area contributed by atoms with Crippen molar-refractivity contribution < 1.29 is 4.74 Å². The van der Waals surface area contributed by atoms with Crippen LogP contribution in [0.25, 0.3) is 0 Å². The van der Waals surface area contributed by atoms with Crippen LogP contribution >= 0.6 is 0 Å². The minimum Gasteiger partial charge on any atom is -0.497 e. The summed E-state index contributed by atoms with van der Waals surface area (Å²) in [5.74, 6) is 4.06. The quantitative estimate of drug-likeness (QED) is 0.683. The molecule has 0 unspecified atom stereocenters. The summed E-state index contributed by atoms with van der Waals surface area (Å²) in [5, 5.41) is 0. The van der Waals surface area contributed by atoms with Crippen LogP contribution in [0.15, 0.2) is 36.4 Å². The van der Waals surface area contributed by atoms with Gasteiger partial charge in [0.1, 0.15) is 5.75 Å². The first kappa shape index (κ1) is 9.95. The Bertz CT molecular complexity index is 404. The van der Waals surface area contributed by atoms with E-state index >= 15 is 0 Å². The molecule has 2 bridgehead atoms. The van der Waals surface area contributed by atoms with Crippen LogP contribution in [-0.2, 0) is 0 Å². The Morgan fingerprint density at radius 1 is 1.06 bits per heavy atom. The third-order valence-electron chi connectivity index (χ3n) is 4.35. The molecule has 0 N–H and O–H groups in total. The zero-order valence-electron chi connectivity index (χ0n) is 9.89. The van der Waals surface area contributed by atoms with E-state index in [1.54, 1.807) is 7.11 Å². The van der Waals surface area contributed by atoms with Crippen LogP contribution in [0.3, 0.4) is 0 Å². The van der Waals surface area contributed by atoms with Crippen molar-refractivity contribution in [1.29, 1.82) is 0 Å². The number of rotatable bonds is 2. The van der Waals surface area contributed by atoms with Gasteiger partial charge < -0.3 is 4.74 Å². The van der Waals surface area contributed by atoms with Crippen molar-refractivity contribution in [2.24, 2.45) is 17.8 Å². The van der Waals surface area contributed by atoms with Crippen LogP contribution in [-0.4, -0.2) is 7.11 Å². The van der Waals surface area contributed by atoms with Gasteiger partial charge in [0.25, 0.3) is 0 Å². The lowest BCUT2D eigenvalue weighted by Crippen LogP contribution is -2.14. The van der Waals surface area contributed by atoms with E-state index in [1.165, 1.54) is 12.0 Å². The number of allylic oxidation sites excluding steroid dienone is 2. The maximum atomic E-state index is 5.21. The van der Waals surface area contributed by atoms with Gasteiger partial charge in [0.15, 0.2) is 0 Å². The molecule has 0 aromatic heterocycles. The van der Waals surface area contributed by atoms with Gasteiger partial charge in [-0.3, -0.25) is 0 Å². The minimum atomic E-state index is 0.723. The molecule has 2 aliphatic carbocycles. The molecule has 0 radical (unpaired) electrons. The summed E-state index contributed by atoms with van der Waals surface area (Å²) in [6, 6.07) is 8.62. The molecule has 1 aromatic carbocycles. The van der Waals surface area contributed by atoms with Crippen LogP contribution in [0.2, 0.25) is 0 Å². The minimum absolute atomic E-state index is 0.723. The van der Waals surface area contributed by atoms with Gasteiger partial charge in [0.2, 0.25) is 0 Å². The molecule has 2 aliphatic rings. The topological polar surface area (TPSA) is 9.23 Å². The third-order valence-corrected chi connectivity index (χ3v) is 4.35. The molecule has 84 valence electrons. The van der Waals surface area contributed by atoms with Crippen LogP contribution < -0.4 is 4.74 Å². The summed E-state index contributed by atoms with van der Waals surface area (Å²) in [7, 11) is 1.72. The zero-order chi connectivity index (χ0) is 11.1. The van der Waals surface area contributed by atoms with Crippen LogP contribution in [0.1, 0.15) is 24.8 Å². The maximum absolute atomic E-state index is 5.21. The first-order valence-corrected chi connectivity index (χ1v) is 6.12. The van der Waals surface area contributed by atoms with E-state index in [0.717, 1.165) is 29.4 Å². The van der Waals surface area contributed by atoms with Crippen LogP contribution in [0.5, 0.6) is 5.75 Å². The highest BCUT2D eigenvalue weighted by atomic mass is 16.5. The molecule has 1 fully saturated rings. The predicted octanol–water partition coefficient (Wildman–Crippen LogP) is 3.62. The molecule has 0 aliphatic heterocycles. The Labute approximate surface area is 97.1 Å². The lowest BCUT2D eigenvalue weighted by atomic mass is 9.80. The van der Waals surface area contributed by atoms with E-state index < -0.39 is 0 Å². The van der Waals surface area contributed by atoms with E-state index in [1.807, 2.05) is 0 Å². The molecule has 16 heavy (non-hydrogen) atoms. The highest BCUT2D eigenvalue weighted by molar-refractivity contribution is 5.33. The maximum Gasteiger partial charge on any atom is 0.118 e.